The molecule has 0 unspecified atom stereocenters. The molecule has 3 amide bonds. The number of ether oxygens (including phenoxy) is 1. The number of carbonyl (C=O) groups is 2. The van der Waals surface area contributed by atoms with Gasteiger partial charge in [-0.25, -0.2) is 9.18 Å². The highest BCUT2D eigenvalue weighted by Gasteiger charge is 2.52. The van der Waals surface area contributed by atoms with Crippen LogP contribution in [-0.4, -0.2) is 61.3 Å². The summed E-state index contributed by atoms with van der Waals surface area (Å²) < 4.78 is 19.5. The normalized spacial score (nSPS) is 24.5. The number of benzene rings is 1. The Morgan fingerprint density at radius 2 is 2.07 bits per heavy atom. The minimum Gasteiger partial charge on any atom is -0.373 e. The van der Waals surface area contributed by atoms with Crippen molar-refractivity contribution in [2.75, 3.05) is 43.0 Å². The first-order valence-electron chi connectivity index (χ1n) is 9.84. The lowest BCUT2D eigenvalue weighted by Gasteiger charge is -2.26. The highest BCUT2D eigenvalue weighted by atomic mass is 19.1. The molecule has 1 aromatic carbocycles. The Morgan fingerprint density at radius 3 is 2.79 bits per heavy atom. The number of amides is 3. The molecule has 0 radical (unpaired) electrons. The molecule has 1 aromatic rings. The van der Waals surface area contributed by atoms with Crippen LogP contribution in [0.4, 0.5) is 20.6 Å². The van der Waals surface area contributed by atoms with Crippen LogP contribution in [0.1, 0.15) is 33.6 Å². The average molecular weight is 392 g/mol. The molecule has 0 bridgehead atoms. The molecule has 2 aliphatic rings. The van der Waals surface area contributed by atoms with Gasteiger partial charge < -0.3 is 25.2 Å². The van der Waals surface area contributed by atoms with Crippen LogP contribution in [-0.2, 0) is 9.53 Å². The van der Waals surface area contributed by atoms with Gasteiger partial charge >= 0.3 is 6.03 Å². The number of anilines is 2. The van der Waals surface area contributed by atoms with E-state index in [1.54, 1.807) is 13.0 Å². The van der Waals surface area contributed by atoms with Crippen LogP contribution in [0.15, 0.2) is 18.2 Å². The molecule has 3 rings (SSSR count). The van der Waals surface area contributed by atoms with Crippen molar-refractivity contribution >= 4 is 23.3 Å². The highest BCUT2D eigenvalue weighted by Crippen LogP contribution is 2.39. The van der Waals surface area contributed by atoms with Crippen LogP contribution in [0.5, 0.6) is 0 Å². The van der Waals surface area contributed by atoms with Crippen molar-refractivity contribution in [2.45, 2.75) is 45.3 Å². The van der Waals surface area contributed by atoms with Crippen molar-refractivity contribution in [3.8, 4) is 0 Å². The summed E-state index contributed by atoms with van der Waals surface area (Å²) in [7, 11) is 0. The number of nitrogens with zero attached hydrogens (tertiary/aromatic N) is 2. The molecule has 7 nitrogen and oxygen atoms in total. The number of hydrogen-bond acceptors (Lipinski definition) is 4. The molecule has 1 saturated heterocycles. The molecule has 1 aliphatic carbocycles. The maximum Gasteiger partial charge on any atom is 0.319 e. The molecular formula is C20H29FN4O3. The molecule has 2 N–H and O–H groups in total. The lowest BCUT2D eigenvalue weighted by Crippen LogP contribution is -2.36. The van der Waals surface area contributed by atoms with Gasteiger partial charge in [0, 0.05) is 46.1 Å². The van der Waals surface area contributed by atoms with Crippen LogP contribution < -0.4 is 15.5 Å². The largest absolute Gasteiger partial charge is 0.373 e. The maximum atomic E-state index is 13.8. The summed E-state index contributed by atoms with van der Waals surface area (Å²) in [6, 6.07) is 3.97. The number of hydrogen-bond donors (Lipinski definition) is 2. The van der Waals surface area contributed by atoms with Crippen LogP contribution in [0, 0.1) is 5.82 Å². The number of halogens is 1. The van der Waals surface area contributed by atoms with Gasteiger partial charge in [0.25, 0.3) is 0 Å². The van der Waals surface area contributed by atoms with Crippen LogP contribution in [0.3, 0.4) is 0 Å². The van der Waals surface area contributed by atoms with Gasteiger partial charge in [-0.05, 0) is 38.5 Å². The zero-order chi connectivity index (χ0) is 20.3. The fourth-order valence-electron chi connectivity index (χ4n) is 3.71. The van der Waals surface area contributed by atoms with Crippen molar-refractivity contribution in [3.63, 3.8) is 0 Å². The van der Waals surface area contributed by atoms with E-state index in [2.05, 4.69) is 15.5 Å². The molecular weight excluding hydrogens is 363 g/mol. The Kier molecular flexibility index (Phi) is 6.07. The Hall–Kier alpha value is -2.35. The highest BCUT2D eigenvalue weighted by molar-refractivity contribution is 5.93. The second-order valence-electron chi connectivity index (χ2n) is 7.61. The average Bonchev–Trinajstić information content (AvgIpc) is 3.31. The molecule has 1 heterocycles. The van der Waals surface area contributed by atoms with Gasteiger partial charge in [0.2, 0.25) is 5.91 Å². The van der Waals surface area contributed by atoms with Gasteiger partial charge in [0.1, 0.15) is 5.82 Å². The van der Waals surface area contributed by atoms with Crippen molar-refractivity contribution in [1.29, 1.82) is 0 Å². The molecule has 0 aromatic heterocycles. The number of carbonyl (C=O) groups excluding carboxylic acids is 2. The van der Waals surface area contributed by atoms with Crippen LogP contribution >= 0.6 is 0 Å². The van der Waals surface area contributed by atoms with E-state index in [0.29, 0.717) is 31.9 Å². The standard InChI is InChI=1S/C20H29FN4O3/c1-4-28-20(3)13-18(20)23-19(27)22-16-12-15(21)6-7-17(16)25-9-5-8-24(10-11-25)14(2)26/h6-7,12,18H,4-5,8-11,13H2,1-3H3,(H2,22,23,27)/t18-,20+/m1/s1. The third-order valence-corrected chi connectivity index (χ3v) is 5.45. The van der Waals surface area contributed by atoms with Gasteiger partial charge in [-0.1, -0.05) is 0 Å². The number of urea groups is 1. The first kappa shape index (κ1) is 20.4. The van der Waals surface area contributed by atoms with E-state index >= 15 is 0 Å². The third-order valence-electron chi connectivity index (χ3n) is 5.45. The predicted octanol–water partition coefficient (Wildman–Crippen LogP) is 2.57. The fourth-order valence-corrected chi connectivity index (χ4v) is 3.71. The smallest absolute Gasteiger partial charge is 0.319 e. The van der Waals surface area contributed by atoms with E-state index in [9.17, 15) is 14.0 Å². The summed E-state index contributed by atoms with van der Waals surface area (Å²) in [6.45, 7) is 8.72. The van der Waals surface area contributed by atoms with Gasteiger partial charge in [0.05, 0.1) is 23.0 Å². The Morgan fingerprint density at radius 1 is 1.29 bits per heavy atom. The Balaban J connectivity index is 1.67. The lowest BCUT2D eigenvalue weighted by molar-refractivity contribution is -0.128. The van der Waals surface area contributed by atoms with Gasteiger partial charge in [-0.3, -0.25) is 4.79 Å². The Labute approximate surface area is 165 Å². The monoisotopic (exact) mass is 392 g/mol. The molecule has 0 spiro atoms. The first-order valence-corrected chi connectivity index (χ1v) is 9.84. The van der Waals surface area contributed by atoms with Crippen molar-refractivity contribution < 1.29 is 18.7 Å². The van der Waals surface area contributed by atoms with Crippen molar-refractivity contribution in [2.24, 2.45) is 0 Å². The van der Waals surface area contributed by atoms with Crippen LogP contribution in [0.25, 0.3) is 0 Å². The fraction of sp³-hybridized carbons (Fsp3) is 0.600. The molecule has 1 aliphatic heterocycles. The summed E-state index contributed by atoms with van der Waals surface area (Å²) in [5, 5.41) is 5.68. The number of rotatable bonds is 5. The van der Waals surface area contributed by atoms with E-state index < -0.39 is 5.82 Å². The molecule has 154 valence electrons. The quantitative estimate of drug-likeness (QED) is 0.808. The first-order chi connectivity index (χ1) is 13.3. The van der Waals surface area contributed by atoms with E-state index in [0.717, 1.165) is 25.1 Å². The predicted molar refractivity (Wildman–Crippen MR) is 106 cm³/mol. The summed E-state index contributed by atoms with van der Waals surface area (Å²) in [5.74, 6) is -0.356. The van der Waals surface area contributed by atoms with Gasteiger partial charge in [-0.2, -0.15) is 0 Å². The SMILES string of the molecule is CCO[C@@]1(C)C[C@H]1NC(=O)Nc1cc(F)ccc1N1CCCN(C(C)=O)CC1. The topological polar surface area (TPSA) is 73.9 Å². The van der Waals surface area contributed by atoms with Crippen LogP contribution in [0.2, 0.25) is 0 Å². The summed E-state index contributed by atoms with van der Waals surface area (Å²) in [6.07, 6.45) is 1.58. The molecule has 2 atom stereocenters. The lowest BCUT2D eigenvalue weighted by atomic mass is 10.2. The second kappa shape index (κ2) is 8.34. The minimum atomic E-state index is -0.412. The molecule has 2 fully saturated rings. The second-order valence-corrected chi connectivity index (χ2v) is 7.61. The van der Waals surface area contributed by atoms with E-state index in [1.165, 1.54) is 12.1 Å². The Bertz CT molecular complexity index is 744. The molecule has 8 heteroatoms. The molecule has 28 heavy (non-hydrogen) atoms. The summed E-state index contributed by atoms with van der Waals surface area (Å²) in [5.41, 5.74) is 0.857. The summed E-state index contributed by atoms with van der Waals surface area (Å²) in [4.78, 5) is 28.0. The number of nitrogens with one attached hydrogen (secondary N) is 2. The molecule has 1 saturated carbocycles. The van der Waals surface area contributed by atoms with E-state index in [-0.39, 0.29) is 23.6 Å². The van der Waals surface area contributed by atoms with Crippen molar-refractivity contribution in [1.82, 2.24) is 10.2 Å². The third kappa shape index (κ3) is 4.73. The minimum absolute atomic E-state index is 0.0493. The van der Waals surface area contributed by atoms with Gasteiger partial charge in [-0.15, -0.1) is 0 Å². The summed E-state index contributed by atoms with van der Waals surface area (Å²) >= 11 is 0. The van der Waals surface area contributed by atoms with E-state index in [1.807, 2.05) is 18.7 Å². The van der Waals surface area contributed by atoms with Gasteiger partial charge in [0.15, 0.2) is 0 Å². The zero-order valence-corrected chi connectivity index (χ0v) is 16.8. The maximum absolute atomic E-state index is 13.8. The van der Waals surface area contributed by atoms with Crippen molar-refractivity contribution in [3.05, 3.63) is 24.0 Å². The zero-order valence-electron chi connectivity index (χ0n) is 16.8. The van der Waals surface area contributed by atoms with E-state index in [4.69, 9.17) is 4.74 Å².